The summed E-state index contributed by atoms with van der Waals surface area (Å²) in [4.78, 5) is 24.5. The molecular formula is C19H18F2N6O. The van der Waals surface area contributed by atoms with Crippen LogP contribution in [-0.4, -0.2) is 56.7 Å². The van der Waals surface area contributed by atoms with E-state index in [1.54, 1.807) is 4.68 Å². The van der Waals surface area contributed by atoms with Crippen LogP contribution in [0.1, 0.15) is 16.1 Å². The Balaban J connectivity index is 1.47. The van der Waals surface area contributed by atoms with Crippen molar-refractivity contribution < 1.29 is 13.6 Å². The van der Waals surface area contributed by atoms with Crippen molar-refractivity contribution in [2.75, 3.05) is 31.1 Å². The minimum absolute atomic E-state index is 0.340. The number of aromatic nitrogens is 4. The summed E-state index contributed by atoms with van der Waals surface area (Å²) in [6, 6.07) is 7.12. The van der Waals surface area contributed by atoms with Crippen molar-refractivity contribution in [2.45, 2.75) is 6.92 Å². The van der Waals surface area contributed by atoms with Crippen LogP contribution in [0, 0.1) is 18.6 Å². The molecule has 1 aromatic carbocycles. The van der Waals surface area contributed by atoms with Gasteiger partial charge < -0.3 is 9.80 Å². The zero-order valence-corrected chi connectivity index (χ0v) is 15.2. The summed E-state index contributed by atoms with van der Waals surface area (Å²) in [7, 11) is 0. The third-order valence-corrected chi connectivity index (χ3v) is 4.66. The number of anilines is 1. The fourth-order valence-electron chi connectivity index (χ4n) is 3.18. The predicted molar refractivity (Wildman–Crippen MR) is 98.4 cm³/mol. The van der Waals surface area contributed by atoms with E-state index in [-0.39, 0.29) is 0 Å². The van der Waals surface area contributed by atoms with Crippen LogP contribution in [0.5, 0.6) is 0 Å². The number of amides is 1. The molecule has 9 heteroatoms. The summed E-state index contributed by atoms with van der Waals surface area (Å²) >= 11 is 0. The molecule has 1 aliphatic heterocycles. The molecule has 7 nitrogen and oxygen atoms in total. The molecule has 4 rings (SSSR count). The maximum Gasteiger partial charge on any atom is 0.259 e. The first-order valence-corrected chi connectivity index (χ1v) is 8.86. The van der Waals surface area contributed by atoms with Crippen molar-refractivity contribution in [3.05, 3.63) is 65.7 Å². The smallest absolute Gasteiger partial charge is 0.259 e. The number of hydrogen-bond donors (Lipinski definition) is 0. The molecule has 0 radical (unpaired) electrons. The summed E-state index contributed by atoms with van der Waals surface area (Å²) in [5.74, 6) is -0.970. The maximum atomic E-state index is 13.9. The van der Waals surface area contributed by atoms with Gasteiger partial charge in [0, 0.05) is 38.4 Å². The monoisotopic (exact) mass is 384 g/mol. The number of nitrogens with zero attached hydrogens (tertiary/aromatic N) is 6. The first-order chi connectivity index (χ1) is 13.5. The van der Waals surface area contributed by atoms with Gasteiger partial charge in [0.1, 0.15) is 29.3 Å². The summed E-state index contributed by atoms with van der Waals surface area (Å²) in [6.45, 7) is 3.57. The maximum absolute atomic E-state index is 13.9. The van der Waals surface area contributed by atoms with Crippen LogP contribution in [0.3, 0.4) is 0 Å². The largest absolute Gasteiger partial charge is 0.353 e. The quantitative estimate of drug-likeness (QED) is 0.693. The van der Waals surface area contributed by atoms with Gasteiger partial charge in [-0.25, -0.2) is 23.4 Å². The zero-order valence-electron chi connectivity index (χ0n) is 15.2. The SMILES string of the molecule is Cc1ccn(-c2cc(N3CCN(C(=O)c4c(F)cccc4F)CC3)ncn2)n1. The minimum Gasteiger partial charge on any atom is -0.353 e. The molecule has 0 aliphatic carbocycles. The van der Waals surface area contributed by atoms with Gasteiger partial charge in [0.2, 0.25) is 0 Å². The highest BCUT2D eigenvalue weighted by atomic mass is 19.1. The lowest BCUT2D eigenvalue weighted by Gasteiger charge is -2.35. The molecule has 1 fully saturated rings. The lowest BCUT2D eigenvalue weighted by molar-refractivity contribution is 0.0736. The van der Waals surface area contributed by atoms with E-state index < -0.39 is 23.1 Å². The van der Waals surface area contributed by atoms with Crippen LogP contribution in [0.4, 0.5) is 14.6 Å². The number of aryl methyl sites for hydroxylation is 1. The highest BCUT2D eigenvalue weighted by Crippen LogP contribution is 2.19. The summed E-state index contributed by atoms with van der Waals surface area (Å²) in [6.07, 6.45) is 3.29. The number of piperazine rings is 1. The fourth-order valence-corrected chi connectivity index (χ4v) is 3.18. The summed E-state index contributed by atoms with van der Waals surface area (Å²) < 4.78 is 29.4. The highest BCUT2D eigenvalue weighted by molar-refractivity contribution is 5.95. The van der Waals surface area contributed by atoms with Crippen molar-refractivity contribution in [1.82, 2.24) is 24.6 Å². The molecule has 28 heavy (non-hydrogen) atoms. The molecule has 2 aromatic heterocycles. The molecule has 0 atom stereocenters. The molecule has 3 aromatic rings. The Kier molecular flexibility index (Phi) is 4.72. The summed E-state index contributed by atoms with van der Waals surface area (Å²) in [5, 5.41) is 4.34. The van der Waals surface area contributed by atoms with E-state index in [4.69, 9.17) is 0 Å². The number of carbonyl (C=O) groups is 1. The van der Waals surface area contributed by atoms with E-state index in [2.05, 4.69) is 15.1 Å². The lowest BCUT2D eigenvalue weighted by Crippen LogP contribution is -2.49. The van der Waals surface area contributed by atoms with E-state index in [0.717, 1.165) is 17.8 Å². The van der Waals surface area contributed by atoms with Crippen molar-refractivity contribution in [2.24, 2.45) is 0 Å². The number of carbonyl (C=O) groups excluding carboxylic acids is 1. The predicted octanol–water partition coefficient (Wildman–Crippen LogP) is 2.21. The molecule has 0 saturated carbocycles. The van der Waals surface area contributed by atoms with Crippen molar-refractivity contribution in [3.63, 3.8) is 0 Å². The van der Waals surface area contributed by atoms with Gasteiger partial charge in [-0.3, -0.25) is 4.79 Å². The molecular weight excluding hydrogens is 366 g/mol. The molecule has 1 aliphatic rings. The highest BCUT2D eigenvalue weighted by Gasteiger charge is 2.27. The molecule has 0 spiro atoms. The number of halogens is 2. The van der Waals surface area contributed by atoms with E-state index in [0.29, 0.717) is 37.8 Å². The molecule has 0 bridgehead atoms. The van der Waals surface area contributed by atoms with E-state index >= 15 is 0 Å². The third-order valence-electron chi connectivity index (χ3n) is 4.66. The Morgan fingerprint density at radius 3 is 2.32 bits per heavy atom. The average molecular weight is 384 g/mol. The Hall–Kier alpha value is -3.36. The number of hydrogen-bond acceptors (Lipinski definition) is 5. The topological polar surface area (TPSA) is 67.2 Å². The van der Waals surface area contributed by atoms with E-state index in [1.807, 2.05) is 30.2 Å². The molecule has 1 amide bonds. The second kappa shape index (κ2) is 7.34. The molecule has 0 N–H and O–H groups in total. The Bertz CT molecular complexity index is 993. The second-order valence-electron chi connectivity index (χ2n) is 6.51. The standard InChI is InChI=1S/C19H18F2N6O/c1-13-5-6-27(24-13)17-11-16(22-12-23-17)25-7-9-26(10-8-25)19(28)18-14(20)3-2-4-15(18)21/h2-6,11-12H,7-10H2,1H3. The van der Waals surface area contributed by atoms with Crippen LogP contribution >= 0.6 is 0 Å². The third kappa shape index (κ3) is 3.42. The lowest BCUT2D eigenvalue weighted by atomic mass is 10.1. The average Bonchev–Trinajstić information content (AvgIpc) is 3.14. The van der Waals surface area contributed by atoms with E-state index in [1.165, 1.54) is 17.3 Å². The normalized spacial score (nSPS) is 14.4. The van der Waals surface area contributed by atoms with Crippen molar-refractivity contribution >= 4 is 11.7 Å². The van der Waals surface area contributed by atoms with Gasteiger partial charge in [0.25, 0.3) is 5.91 Å². The number of rotatable bonds is 3. The van der Waals surface area contributed by atoms with Gasteiger partial charge in [-0.2, -0.15) is 5.10 Å². The Morgan fingerprint density at radius 1 is 1.00 bits per heavy atom. The Labute approximate surface area is 160 Å². The van der Waals surface area contributed by atoms with Gasteiger partial charge in [0.05, 0.1) is 5.69 Å². The van der Waals surface area contributed by atoms with Gasteiger partial charge in [-0.05, 0) is 25.1 Å². The minimum atomic E-state index is -0.845. The first kappa shape index (κ1) is 18.0. The van der Waals surface area contributed by atoms with Crippen LogP contribution in [0.25, 0.3) is 5.82 Å². The molecule has 144 valence electrons. The van der Waals surface area contributed by atoms with Gasteiger partial charge in [0.15, 0.2) is 5.82 Å². The van der Waals surface area contributed by atoms with Crippen LogP contribution in [0.2, 0.25) is 0 Å². The molecule has 3 heterocycles. The second-order valence-corrected chi connectivity index (χ2v) is 6.51. The van der Waals surface area contributed by atoms with Gasteiger partial charge >= 0.3 is 0 Å². The van der Waals surface area contributed by atoms with Gasteiger partial charge in [-0.1, -0.05) is 6.07 Å². The fraction of sp³-hybridized carbons (Fsp3) is 0.263. The zero-order chi connectivity index (χ0) is 19.7. The summed E-state index contributed by atoms with van der Waals surface area (Å²) in [5.41, 5.74) is 0.377. The Morgan fingerprint density at radius 2 is 1.68 bits per heavy atom. The van der Waals surface area contributed by atoms with Crippen molar-refractivity contribution in [1.29, 1.82) is 0 Å². The first-order valence-electron chi connectivity index (χ1n) is 8.86. The van der Waals surface area contributed by atoms with Crippen molar-refractivity contribution in [3.8, 4) is 5.82 Å². The van der Waals surface area contributed by atoms with Crippen LogP contribution in [0.15, 0.2) is 42.9 Å². The van der Waals surface area contributed by atoms with Crippen LogP contribution < -0.4 is 4.90 Å². The van der Waals surface area contributed by atoms with E-state index in [9.17, 15) is 13.6 Å². The molecule has 1 saturated heterocycles. The number of benzene rings is 1. The van der Waals surface area contributed by atoms with Crippen LogP contribution in [-0.2, 0) is 0 Å². The van der Waals surface area contributed by atoms with Gasteiger partial charge in [-0.15, -0.1) is 0 Å². The molecule has 0 unspecified atom stereocenters.